The fraction of sp³-hybridized carbons (Fsp3) is 0.250. The van der Waals surface area contributed by atoms with Crippen molar-refractivity contribution in [2.45, 2.75) is 19.5 Å². The number of rotatable bonds is 5. The number of nitro groups is 1. The summed E-state index contributed by atoms with van der Waals surface area (Å²) in [5.41, 5.74) is 0.495. The van der Waals surface area contributed by atoms with Crippen LogP contribution in [0.1, 0.15) is 12.5 Å². The minimum Gasteiger partial charge on any atom is -0.381 e. The van der Waals surface area contributed by atoms with E-state index in [0.717, 1.165) is 0 Å². The highest BCUT2D eigenvalue weighted by atomic mass is 16.6. The number of benzene rings is 1. The fourth-order valence-corrected chi connectivity index (χ4v) is 1.81. The van der Waals surface area contributed by atoms with Crippen molar-refractivity contribution in [2.24, 2.45) is 0 Å². The average Bonchev–Trinajstić information content (AvgIpc) is 2.90. The van der Waals surface area contributed by atoms with Gasteiger partial charge in [0.25, 0.3) is 5.69 Å². The first-order valence-electron chi connectivity index (χ1n) is 5.87. The Balaban J connectivity index is 2.10. The molecular weight excluding hydrogens is 260 g/mol. The molecule has 0 radical (unpaired) electrons. The van der Waals surface area contributed by atoms with Crippen molar-refractivity contribution in [3.8, 4) is 6.07 Å². The SMILES string of the molecule is C[C@H](Cn1cncn1)Nc1ccc([N+](=O)[O-])c(C#N)c1. The summed E-state index contributed by atoms with van der Waals surface area (Å²) in [4.78, 5) is 14.0. The molecule has 2 rings (SSSR count). The number of nitro benzene ring substituents is 1. The molecule has 0 aliphatic heterocycles. The summed E-state index contributed by atoms with van der Waals surface area (Å²) in [6.07, 6.45) is 3.06. The number of aromatic nitrogens is 3. The lowest BCUT2D eigenvalue weighted by Gasteiger charge is -2.15. The maximum Gasteiger partial charge on any atom is 0.287 e. The second kappa shape index (κ2) is 5.79. The minimum absolute atomic E-state index is 0.0321. The normalized spacial score (nSPS) is 11.6. The van der Waals surface area contributed by atoms with Crippen LogP contribution in [0, 0.1) is 21.4 Å². The van der Waals surface area contributed by atoms with Crippen molar-refractivity contribution in [1.29, 1.82) is 5.26 Å². The molecular formula is C12H12N6O2. The van der Waals surface area contributed by atoms with E-state index < -0.39 is 4.92 Å². The van der Waals surface area contributed by atoms with Gasteiger partial charge in [0.1, 0.15) is 24.3 Å². The van der Waals surface area contributed by atoms with Gasteiger partial charge in [-0.15, -0.1) is 0 Å². The fourth-order valence-electron chi connectivity index (χ4n) is 1.81. The molecule has 0 saturated heterocycles. The van der Waals surface area contributed by atoms with Crippen LogP contribution < -0.4 is 5.32 Å². The third-order valence-electron chi connectivity index (χ3n) is 2.65. The smallest absolute Gasteiger partial charge is 0.287 e. The molecule has 0 amide bonds. The molecule has 1 aromatic heterocycles. The molecule has 0 aliphatic rings. The lowest BCUT2D eigenvalue weighted by molar-refractivity contribution is -0.385. The second-order valence-corrected chi connectivity index (χ2v) is 4.26. The largest absolute Gasteiger partial charge is 0.381 e. The van der Waals surface area contributed by atoms with Crippen LogP contribution in [-0.4, -0.2) is 25.7 Å². The van der Waals surface area contributed by atoms with Crippen LogP contribution in [-0.2, 0) is 6.54 Å². The first-order valence-corrected chi connectivity index (χ1v) is 5.87. The number of anilines is 1. The summed E-state index contributed by atoms with van der Waals surface area (Å²) in [5, 5.41) is 26.8. The van der Waals surface area contributed by atoms with E-state index in [1.165, 1.54) is 18.5 Å². The highest BCUT2D eigenvalue weighted by Crippen LogP contribution is 2.22. The Labute approximate surface area is 114 Å². The molecule has 1 N–H and O–H groups in total. The van der Waals surface area contributed by atoms with E-state index in [4.69, 9.17) is 5.26 Å². The van der Waals surface area contributed by atoms with Gasteiger partial charge in [0.05, 0.1) is 11.5 Å². The van der Waals surface area contributed by atoms with Gasteiger partial charge in [-0.3, -0.25) is 14.8 Å². The van der Waals surface area contributed by atoms with E-state index in [2.05, 4.69) is 15.4 Å². The topological polar surface area (TPSA) is 110 Å². The van der Waals surface area contributed by atoms with Crippen molar-refractivity contribution in [3.05, 3.63) is 46.5 Å². The molecule has 0 saturated carbocycles. The van der Waals surface area contributed by atoms with Crippen LogP contribution in [0.4, 0.5) is 11.4 Å². The van der Waals surface area contributed by atoms with Gasteiger partial charge in [-0.05, 0) is 19.1 Å². The highest BCUT2D eigenvalue weighted by Gasteiger charge is 2.14. The Kier molecular flexibility index (Phi) is 3.91. The number of hydrogen-bond donors (Lipinski definition) is 1. The lowest BCUT2D eigenvalue weighted by atomic mass is 10.1. The van der Waals surface area contributed by atoms with Crippen molar-refractivity contribution in [3.63, 3.8) is 0 Å². The Morgan fingerprint density at radius 2 is 2.40 bits per heavy atom. The van der Waals surface area contributed by atoms with E-state index in [1.54, 1.807) is 17.1 Å². The van der Waals surface area contributed by atoms with Crippen LogP contribution in [0.2, 0.25) is 0 Å². The monoisotopic (exact) mass is 272 g/mol. The molecule has 20 heavy (non-hydrogen) atoms. The molecule has 0 aliphatic carbocycles. The Bertz CT molecular complexity index is 646. The van der Waals surface area contributed by atoms with Gasteiger partial charge in [-0.25, -0.2) is 4.98 Å². The molecule has 0 fully saturated rings. The van der Waals surface area contributed by atoms with Gasteiger partial charge in [0, 0.05) is 17.8 Å². The predicted molar refractivity (Wildman–Crippen MR) is 70.9 cm³/mol. The van der Waals surface area contributed by atoms with Crippen molar-refractivity contribution in [2.75, 3.05) is 5.32 Å². The molecule has 1 heterocycles. The molecule has 1 aromatic carbocycles. The zero-order valence-electron chi connectivity index (χ0n) is 10.7. The van der Waals surface area contributed by atoms with Gasteiger partial charge in [0.2, 0.25) is 0 Å². The molecule has 2 aromatic rings. The summed E-state index contributed by atoms with van der Waals surface area (Å²) in [6.45, 7) is 2.54. The van der Waals surface area contributed by atoms with Crippen LogP contribution in [0.3, 0.4) is 0 Å². The summed E-state index contributed by atoms with van der Waals surface area (Å²) in [6, 6.07) is 6.23. The number of nitrogens with zero attached hydrogens (tertiary/aromatic N) is 5. The Morgan fingerprint density at radius 1 is 1.60 bits per heavy atom. The standard InChI is InChI=1S/C12H12N6O2/c1-9(6-17-8-14-7-15-17)16-11-2-3-12(18(19)20)10(4-11)5-13/h2-4,7-9,16H,6H2,1H3/t9-/m1/s1. The molecule has 1 atom stereocenters. The van der Waals surface area contributed by atoms with Crippen molar-refractivity contribution >= 4 is 11.4 Å². The highest BCUT2D eigenvalue weighted by molar-refractivity contribution is 5.58. The van der Waals surface area contributed by atoms with Crippen LogP contribution in [0.5, 0.6) is 0 Å². The van der Waals surface area contributed by atoms with Gasteiger partial charge < -0.3 is 5.32 Å². The maximum absolute atomic E-state index is 10.7. The van der Waals surface area contributed by atoms with E-state index in [0.29, 0.717) is 12.2 Å². The van der Waals surface area contributed by atoms with Gasteiger partial charge in [0.15, 0.2) is 0 Å². The van der Waals surface area contributed by atoms with Gasteiger partial charge in [-0.1, -0.05) is 0 Å². The van der Waals surface area contributed by atoms with Crippen molar-refractivity contribution < 1.29 is 4.92 Å². The molecule has 102 valence electrons. The van der Waals surface area contributed by atoms with E-state index >= 15 is 0 Å². The zero-order chi connectivity index (χ0) is 14.5. The molecule has 0 spiro atoms. The molecule has 0 unspecified atom stereocenters. The van der Waals surface area contributed by atoms with Crippen LogP contribution in [0.25, 0.3) is 0 Å². The lowest BCUT2D eigenvalue weighted by Crippen LogP contribution is -2.22. The van der Waals surface area contributed by atoms with Crippen molar-refractivity contribution in [1.82, 2.24) is 14.8 Å². The van der Waals surface area contributed by atoms with E-state index in [9.17, 15) is 10.1 Å². The summed E-state index contributed by atoms with van der Waals surface area (Å²) in [7, 11) is 0. The molecule has 8 nitrogen and oxygen atoms in total. The predicted octanol–water partition coefficient (Wildman–Crippen LogP) is 1.56. The van der Waals surface area contributed by atoms with Crippen LogP contribution in [0.15, 0.2) is 30.9 Å². The Morgan fingerprint density at radius 3 is 3.00 bits per heavy atom. The van der Waals surface area contributed by atoms with E-state index in [1.807, 2.05) is 13.0 Å². The zero-order valence-corrected chi connectivity index (χ0v) is 10.7. The first-order chi connectivity index (χ1) is 9.60. The maximum atomic E-state index is 10.7. The molecule has 0 bridgehead atoms. The van der Waals surface area contributed by atoms with Gasteiger partial charge >= 0.3 is 0 Å². The van der Waals surface area contributed by atoms with E-state index in [-0.39, 0.29) is 17.3 Å². The third-order valence-corrected chi connectivity index (χ3v) is 2.65. The minimum atomic E-state index is -0.568. The number of nitrogens with one attached hydrogen (secondary N) is 1. The number of hydrogen-bond acceptors (Lipinski definition) is 6. The Hall–Kier alpha value is -2.95. The summed E-state index contributed by atoms with van der Waals surface area (Å²) in [5.74, 6) is 0. The van der Waals surface area contributed by atoms with Crippen LogP contribution >= 0.6 is 0 Å². The summed E-state index contributed by atoms with van der Waals surface area (Å²) >= 11 is 0. The third kappa shape index (κ3) is 3.08. The van der Waals surface area contributed by atoms with Gasteiger partial charge in [-0.2, -0.15) is 10.4 Å². The molecule has 8 heteroatoms. The second-order valence-electron chi connectivity index (χ2n) is 4.26. The quantitative estimate of drug-likeness (QED) is 0.653. The number of nitriles is 1. The summed E-state index contributed by atoms with van der Waals surface area (Å²) < 4.78 is 1.67. The average molecular weight is 272 g/mol. The first kappa shape index (κ1) is 13.5.